The highest BCUT2D eigenvalue weighted by molar-refractivity contribution is 7.17. The highest BCUT2D eigenvalue weighted by Gasteiger charge is 2.25. The van der Waals surface area contributed by atoms with Crippen molar-refractivity contribution in [3.05, 3.63) is 34.8 Å². The van der Waals surface area contributed by atoms with Crippen molar-refractivity contribution in [2.24, 2.45) is 0 Å². The topological polar surface area (TPSA) is 66.9 Å². The first-order valence-corrected chi connectivity index (χ1v) is 10.1. The number of benzene rings is 1. The molecule has 4 rings (SSSR count). The lowest BCUT2D eigenvalue weighted by atomic mass is 10.1. The molecule has 0 saturated carbocycles. The van der Waals surface area contributed by atoms with Crippen LogP contribution < -0.4 is 19.7 Å². The van der Waals surface area contributed by atoms with Gasteiger partial charge in [-0.1, -0.05) is 17.4 Å². The summed E-state index contributed by atoms with van der Waals surface area (Å²) >= 11 is 1.46. The van der Waals surface area contributed by atoms with E-state index in [0.29, 0.717) is 24.3 Å². The highest BCUT2D eigenvalue weighted by atomic mass is 32.1. The highest BCUT2D eigenvalue weighted by Crippen LogP contribution is 2.35. The first-order chi connectivity index (χ1) is 13.2. The fourth-order valence-corrected chi connectivity index (χ4v) is 4.33. The van der Waals surface area contributed by atoms with Crippen LogP contribution in [0.3, 0.4) is 0 Å². The third-order valence-corrected chi connectivity index (χ3v) is 6.12. The molecule has 7 nitrogen and oxygen atoms in total. The smallest absolute Gasteiger partial charge is 0.263 e. The number of hydrogen-bond donors (Lipinski definition) is 1. The second kappa shape index (κ2) is 7.74. The maximum Gasteiger partial charge on any atom is 0.263 e. The maximum atomic E-state index is 11.9. The van der Waals surface area contributed by atoms with E-state index in [2.05, 4.69) is 39.2 Å². The van der Waals surface area contributed by atoms with Gasteiger partial charge in [0.2, 0.25) is 6.79 Å². The molecule has 1 atom stereocenters. The molecule has 1 N–H and O–H groups in total. The molecule has 0 unspecified atom stereocenters. The van der Waals surface area contributed by atoms with Crippen molar-refractivity contribution in [3.63, 3.8) is 0 Å². The molecule has 1 aromatic heterocycles. The van der Waals surface area contributed by atoms with Crippen LogP contribution in [0.1, 0.15) is 35.1 Å². The van der Waals surface area contributed by atoms with E-state index in [1.54, 1.807) is 6.20 Å². The number of aromatic nitrogens is 1. The number of hydrogen-bond acceptors (Lipinski definition) is 7. The van der Waals surface area contributed by atoms with Crippen molar-refractivity contribution in [3.8, 4) is 11.5 Å². The van der Waals surface area contributed by atoms with Crippen LogP contribution in [0.2, 0.25) is 0 Å². The van der Waals surface area contributed by atoms with Gasteiger partial charge in [0.05, 0.1) is 6.20 Å². The fraction of sp³-hybridized carbons (Fsp3) is 0.474. The molecule has 1 aromatic carbocycles. The molecule has 2 aromatic rings. The van der Waals surface area contributed by atoms with Gasteiger partial charge in [0.25, 0.3) is 5.91 Å². The summed E-state index contributed by atoms with van der Waals surface area (Å²) in [5.41, 5.74) is 1.24. The minimum Gasteiger partial charge on any atom is -0.454 e. The predicted molar refractivity (Wildman–Crippen MR) is 105 cm³/mol. The molecule has 0 radical (unpaired) electrons. The molecular weight excluding hydrogens is 364 g/mol. The van der Waals surface area contributed by atoms with E-state index in [4.69, 9.17) is 9.47 Å². The second-order valence-corrected chi connectivity index (χ2v) is 7.69. The number of carbonyl (C=O) groups is 1. The van der Waals surface area contributed by atoms with Crippen molar-refractivity contribution in [2.45, 2.75) is 19.9 Å². The lowest BCUT2D eigenvalue weighted by Gasteiger charge is -2.38. The first-order valence-electron chi connectivity index (χ1n) is 9.28. The van der Waals surface area contributed by atoms with Crippen LogP contribution in [-0.2, 0) is 0 Å². The number of fused-ring (bicyclic) bond motifs is 1. The van der Waals surface area contributed by atoms with Crippen LogP contribution in [-0.4, -0.2) is 55.3 Å². The van der Waals surface area contributed by atoms with E-state index in [9.17, 15) is 4.79 Å². The molecule has 1 saturated heterocycles. The van der Waals surface area contributed by atoms with Crippen LogP contribution in [0.5, 0.6) is 11.5 Å². The lowest BCUT2D eigenvalue weighted by molar-refractivity contribution is 0.0959. The van der Waals surface area contributed by atoms with Gasteiger partial charge in [-0.15, -0.1) is 0 Å². The Kier molecular flexibility index (Phi) is 5.18. The molecule has 2 aliphatic heterocycles. The van der Waals surface area contributed by atoms with Crippen molar-refractivity contribution in [1.82, 2.24) is 15.2 Å². The lowest BCUT2D eigenvalue weighted by Crippen LogP contribution is -2.47. The average molecular weight is 388 g/mol. The number of nitrogens with one attached hydrogen (secondary N) is 1. The molecule has 0 spiro atoms. The largest absolute Gasteiger partial charge is 0.454 e. The summed E-state index contributed by atoms with van der Waals surface area (Å²) in [6, 6.07) is 6.50. The van der Waals surface area contributed by atoms with E-state index < -0.39 is 0 Å². The average Bonchev–Trinajstić information content (AvgIpc) is 3.36. The van der Waals surface area contributed by atoms with E-state index in [0.717, 1.165) is 42.8 Å². The summed E-state index contributed by atoms with van der Waals surface area (Å²) in [6.45, 7) is 8.77. The molecule has 144 valence electrons. The number of ether oxygens (including phenoxy) is 2. The zero-order valence-corrected chi connectivity index (χ0v) is 16.4. The molecule has 0 aliphatic carbocycles. The van der Waals surface area contributed by atoms with Crippen LogP contribution >= 0.6 is 11.3 Å². The molecule has 1 amide bonds. The third kappa shape index (κ3) is 3.72. The molecule has 2 aliphatic rings. The van der Waals surface area contributed by atoms with Crippen molar-refractivity contribution in [2.75, 3.05) is 44.4 Å². The van der Waals surface area contributed by atoms with E-state index in [1.807, 2.05) is 13.0 Å². The van der Waals surface area contributed by atoms with Crippen LogP contribution in [0.4, 0.5) is 5.13 Å². The molecular formula is C19H24N4O3S. The molecule has 0 bridgehead atoms. The number of thiazole rings is 1. The number of piperazine rings is 1. The van der Waals surface area contributed by atoms with Gasteiger partial charge in [0.15, 0.2) is 16.6 Å². The fourth-order valence-electron chi connectivity index (χ4n) is 3.45. The van der Waals surface area contributed by atoms with Crippen LogP contribution in [0.15, 0.2) is 24.4 Å². The van der Waals surface area contributed by atoms with E-state index in [-0.39, 0.29) is 5.91 Å². The Labute approximate surface area is 162 Å². The van der Waals surface area contributed by atoms with Crippen molar-refractivity contribution in [1.29, 1.82) is 0 Å². The van der Waals surface area contributed by atoms with Crippen molar-refractivity contribution >= 4 is 22.4 Å². The summed E-state index contributed by atoms with van der Waals surface area (Å²) in [7, 11) is 0. The quantitative estimate of drug-likeness (QED) is 0.849. The predicted octanol–water partition coefficient (Wildman–Crippen LogP) is 2.50. The number of nitrogens with zero attached hydrogens (tertiary/aromatic N) is 3. The zero-order chi connectivity index (χ0) is 18.8. The summed E-state index contributed by atoms with van der Waals surface area (Å²) < 4.78 is 10.9. The SMILES string of the molecule is CCNC(=O)c1cnc(N2CCN([C@H](C)c3ccc4c(c3)OCO4)CC2)s1. The third-order valence-electron chi connectivity index (χ3n) is 5.07. The Balaban J connectivity index is 1.36. The standard InChI is InChI=1S/C19H24N4O3S/c1-3-20-18(24)17-11-21-19(27-17)23-8-6-22(7-9-23)13(2)14-4-5-15-16(10-14)26-12-25-15/h4-5,10-11,13H,3,6-9,12H2,1-2H3,(H,20,24)/t13-/m1/s1. The Morgan fingerprint density at radius 1 is 1.26 bits per heavy atom. The van der Waals surface area contributed by atoms with Gasteiger partial charge in [-0.3, -0.25) is 9.69 Å². The Morgan fingerprint density at radius 2 is 2.04 bits per heavy atom. The van der Waals surface area contributed by atoms with Crippen molar-refractivity contribution < 1.29 is 14.3 Å². The monoisotopic (exact) mass is 388 g/mol. The Morgan fingerprint density at radius 3 is 2.81 bits per heavy atom. The number of carbonyl (C=O) groups excluding carboxylic acids is 1. The minimum absolute atomic E-state index is 0.0451. The Bertz CT molecular complexity index is 817. The summed E-state index contributed by atoms with van der Waals surface area (Å²) in [5.74, 6) is 1.61. The normalized spacial score (nSPS) is 17.8. The van der Waals surface area contributed by atoms with Gasteiger partial charge in [-0.2, -0.15) is 0 Å². The summed E-state index contributed by atoms with van der Waals surface area (Å²) in [6.07, 6.45) is 1.67. The number of rotatable bonds is 5. The van der Waals surface area contributed by atoms with Gasteiger partial charge < -0.3 is 19.7 Å². The van der Waals surface area contributed by atoms with Gasteiger partial charge in [0, 0.05) is 38.8 Å². The number of anilines is 1. The van der Waals surface area contributed by atoms with Gasteiger partial charge in [0.1, 0.15) is 4.88 Å². The molecule has 1 fully saturated rings. The molecule has 8 heteroatoms. The maximum absolute atomic E-state index is 11.9. The zero-order valence-electron chi connectivity index (χ0n) is 15.6. The molecule has 3 heterocycles. The molecule has 27 heavy (non-hydrogen) atoms. The summed E-state index contributed by atoms with van der Waals surface area (Å²) in [5, 5.41) is 3.74. The van der Waals surface area contributed by atoms with Gasteiger partial charge in [-0.05, 0) is 31.5 Å². The van der Waals surface area contributed by atoms with Gasteiger partial charge >= 0.3 is 0 Å². The summed E-state index contributed by atoms with van der Waals surface area (Å²) in [4.78, 5) is 21.8. The first kappa shape index (κ1) is 18.1. The van der Waals surface area contributed by atoms with Gasteiger partial charge in [-0.25, -0.2) is 4.98 Å². The van der Waals surface area contributed by atoms with E-state index >= 15 is 0 Å². The van der Waals surface area contributed by atoms with Crippen LogP contribution in [0.25, 0.3) is 0 Å². The second-order valence-electron chi connectivity index (χ2n) is 6.68. The van der Waals surface area contributed by atoms with Crippen LogP contribution in [0, 0.1) is 0 Å². The number of amides is 1. The Hall–Kier alpha value is -2.32. The van der Waals surface area contributed by atoms with E-state index in [1.165, 1.54) is 16.9 Å². The minimum atomic E-state index is -0.0451.